The van der Waals surface area contributed by atoms with E-state index >= 15 is 0 Å². The molecule has 5 nitrogen and oxygen atoms in total. The second-order valence-electron chi connectivity index (χ2n) is 5.82. The van der Waals surface area contributed by atoms with Crippen LogP contribution in [0.4, 0.5) is 0 Å². The summed E-state index contributed by atoms with van der Waals surface area (Å²) in [5.41, 5.74) is 0.889. The van der Waals surface area contributed by atoms with Gasteiger partial charge in [-0.15, -0.1) is 0 Å². The van der Waals surface area contributed by atoms with Crippen molar-refractivity contribution in [1.82, 2.24) is 15.1 Å². The van der Waals surface area contributed by atoms with Gasteiger partial charge in [-0.2, -0.15) is 5.10 Å². The van der Waals surface area contributed by atoms with Crippen LogP contribution >= 0.6 is 0 Å². The van der Waals surface area contributed by atoms with Crippen LogP contribution in [0.2, 0.25) is 0 Å². The third-order valence-electron chi connectivity index (χ3n) is 3.22. The van der Waals surface area contributed by atoms with E-state index in [4.69, 9.17) is 0 Å². The lowest BCUT2D eigenvalue weighted by molar-refractivity contribution is 0.0388. The van der Waals surface area contributed by atoms with Crippen LogP contribution in [-0.2, 0) is 13.6 Å². The number of rotatable bonds is 6. The lowest BCUT2D eigenvalue weighted by Gasteiger charge is -2.29. The zero-order chi connectivity index (χ0) is 13.8. The first-order chi connectivity index (χ1) is 8.34. The molecule has 0 saturated carbocycles. The number of aryl methyl sites for hydroxylation is 1. The predicted molar refractivity (Wildman–Crippen MR) is 71.0 cm³/mol. The number of hydrogen-bond donors (Lipinski definition) is 3. The minimum Gasteiger partial charge on any atom is -0.395 e. The molecule has 0 aliphatic heterocycles. The maximum atomic E-state index is 10.0. The van der Waals surface area contributed by atoms with Crippen molar-refractivity contribution in [3.63, 3.8) is 0 Å². The molecule has 0 aromatic carbocycles. The van der Waals surface area contributed by atoms with E-state index in [2.05, 4.69) is 10.4 Å². The van der Waals surface area contributed by atoms with E-state index in [0.29, 0.717) is 13.0 Å². The minimum absolute atomic E-state index is 0.0188. The fourth-order valence-corrected chi connectivity index (χ4v) is 1.67. The van der Waals surface area contributed by atoms with Crippen LogP contribution in [0.25, 0.3) is 0 Å². The molecule has 1 heterocycles. The van der Waals surface area contributed by atoms with E-state index in [-0.39, 0.29) is 18.1 Å². The number of aliphatic hydroxyl groups excluding tert-OH is 2. The zero-order valence-corrected chi connectivity index (χ0v) is 11.7. The van der Waals surface area contributed by atoms with Gasteiger partial charge in [0.2, 0.25) is 0 Å². The van der Waals surface area contributed by atoms with Gasteiger partial charge in [0.05, 0.1) is 18.4 Å². The van der Waals surface area contributed by atoms with Gasteiger partial charge in [-0.25, -0.2) is 0 Å². The van der Waals surface area contributed by atoms with E-state index in [1.807, 2.05) is 33.9 Å². The number of aromatic nitrogens is 2. The summed E-state index contributed by atoms with van der Waals surface area (Å²) in [6.45, 7) is 6.64. The molecule has 3 N–H and O–H groups in total. The second kappa shape index (κ2) is 6.31. The Morgan fingerprint density at radius 3 is 2.56 bits per heavy atom. The Bertz CT molecular complexity index is 357. The second-order valence-corrected chi connectivity index (χ2v) is 5.82. The maximum absolute atomic E-state index is 10.0. The summed E-state index contributed by atoms with van der Waals surface area (Å²) in [5.74, 6) is 0. The molecule has 104 valence electrons. The van der Waals surface area contributed by atoms with Gasteiger partial charge in [0.25, 0.3) is 0 Å². The fourth-order valence-electron chi connectivity index (χ4n) is 1.67. The van der Waals surface area contributed by atoms with Gasteiger partial charge in [-0.1, -0.05) is 20.8 Å². The largest absolute Gasteiger partial charge is 0.395 e. The first kappa shape index (κ1) is 15.1. The molecule has 2 atom stereocenters. The zero-order valence-electron chi connectivity index (χ0n) is 11.7. The van der Waals surface area contributed by atoms with Crippen molar-refractivity contribution in [2.45, 2.75) is 45.9 Å². The normalized spacial score (nSPS) is 15.7. The molecule has 1 rings (SSSR count). The molecule has 0 fully saturated rings. The van der Waals surface area contributed by atoms with Crippen molar-refractivity contribution < 1.29 is 10.2 Å². The highest BCUT2D eigenvalue weighted by Gasteiger charge is 2.25. The third kappa shape index (κ3) is 4.40. The molecular formula is C13H25N3O2. The van der Waals surface area contributed by atoms with Crippen molar-refractivity contribution >= 4 is 0 Å². The Balaban J connectivity index is 2.45. The van der Waals surface area contributed by atoms with Gasteiger partial charge < -0.3 is 15.5 Å². The standard InChI is InChI=1S/C13H25N3O2/c1-13(2,3)12(18)7-10(9-17)14-8-11-5-6-15-16(11)4/h5-6,10,12,14,17-18H,7-9H2,1-4H3/t10-,12-/m0/s1. The molecule has 0 saturated heterocycles. The average Bonchev–Trinajstić information content (AvgIpc) is 2.68. The molecule has 5 heteroatoms. The summed E-state index contributed by atoms with van der Waals surface area (Å²) in [4.78, 5) is 0. The summed E-state index contributed by atoms with van der Waals surface area (Å²) in [6.07, 6.45) is 1.85. The molecule has 0 unspecified atom stereocenters. The van der Waals surface area contributed by atoms with Gasteiger partial charge in [0, 0.05) is 25.8 Å². The molecule has 0 aliphatic rings. The van der Waals surface area contributed by atoms with Crippen molar-refractivity contribution in [3.8, 4) is 0 Å². The number of hydrogen-bond acceptors (Lipinski definition) is 4. The van der Waals surface area contributed by atoms with Gasteiger partial charge >= 0.3 is 0 Å². The van der Waals surface area contributed by atoms with E-state index in [1.165, 1.54) is 0 Å². The Morgan fingerprint density at radius 1 is 1.44 bits per heavy atom. The van der Waals surface area contributed by atoms with Crippen LogP contribution in [0, 0.1) is 5.41 Å². The van der Waals surface area contributed by atoms with Crippen LogP contribution in [0.5, 0.6) is 0 Å². The topological polar surface area (TPSA) is 70.3 Å². The lowest BCUT2D eigenvalue weighted by atomic mass is 9.85. The first-order valence-electron chi connectivity index (χ1n) is 6.33. The molecule has 1 aromatic rings. The highest BCUT2D eigenvalue weighted by Crippen LogP contribution is 2.22. The molecule has 1 aromatic heterocycles. The van der Waals surface area contributed by atoms with Crippen LogP contribution in [0.15, 0.2) is 12.3 Å². The monoisotopic (exact) mass is 255 g/mol. The molecule has 0 amide bonds. The molecule has 0 radical (unpaired) electrons. The SMILES string of the molecule is Cn1nccc1CN[C@H](CO)C[C@H](O)C(C)(C)C. The third-order valence-corrected chi connectivity index (χ3v) is 3.22. The van der Waals surface area contributed by atoms with Crippen LogP contribution in [-0.4, -0.2) is 38.7 Å². The molecular weight excluding hydrogens is 230 g/mol. The fraction of sp³-hybridized carbons (Fsp3) is 0.769. The predicted octanol–water partition coefficient (Wildman–Crippen LogP) is 0.668. The van der Waals surface area contributed by atoms with Crippen molar-refractivity contribution in [2.24, 2.45) is 12.5 Å². The van der Waals surface area contributed by atoms with E-state index in [1.54, 1.807) is 10.9 Å². The summed E-state index contributed by atoms with van der Waals surface area (Å²) in [5, 5.41) is 26.7. The summed E-state index contributed by atoms with van der Waals surface area (Å²) >= 11 is 0. The Labute approximate surface area is 109 Å². The number of nitrogens with zero attached hydrogens (tertiary/aromatic N) is 2. The van der Waals surface area contributed by atoms with Gasteiger partial charge in [0.1, 0.15) is 0 Å². The van der Waals surface area contributed by atoms with Crippen LogP contribution < -0.4 is 5.32 Å². The van der Waals surface area contributed by atoms with Gasteiger partial charge in [-0.05, 0) is 17.9 Å². The quantitative estimate of drug-likeness (QED) is 0.698. The molecule has 0 aliphatic carbocycles. The maximum Gasteiger partial charge on any atom is 0.0604 e. The van der Waals surface area contributed by atoms with Crippen molar-refractivity contribution in [2.75, 3.05) is 6.61 Å². The highest BCUT2D eigenvalue weighted by molar-refractivity contribution is 4.99. The lowest BCUT2D eigenvalue weighted by Crippen LogP contribution is -2.39. The summed E-state index contributed by atoms with van der Waals surface area (Å²) in [6, 6.07) is 1.83. The first-order valence-corrected chi connectivity index (χ1v) is 6.33. The Hall–Kier alpha value is -0.910. The van der Waals surface area contributed by atoms with Crippen molar-refractivity contribution in [1.29, 1.82) is 0 Å². The Morgan fingerprint density at radius 2 is 2.11 bits per heavy atom. The van der Waals surface area contributed by atoms with E-state index in [9.17, 15) is 10.2 Å². The van der Waals surface area contributed by atoms with Gasteiger partial charge in [0.15, 0.2) is 0 Å². The van der Waals surface area contributed by atoms with E-state index < -0.39 is 6.10 Å². The summed E-state index contributed by atoms with van der Waals surface area (Å²) < 4.78 is 1.79. The average molecular weight is 255 g/mol. The number of aliphatic hydroxyl groups is 2. The molecule has 0 spiro atoms. The van der Waals surface area contributed by atoms with Crippen LogP contribution in [0.3, 0.4) is 0 Å². The van der Waals surface area contributed by atoms with E-state index in [0.717, 1.165) is 5.69 Å². The smallest absolute Gasteiger partial charge is 0.0604 e. The summed E-state index contributed by atoms with van der Waals surface area (Å²) in [7, 11) is 1.88. The highest BCUT2D eigenvalue weighted by atomic mass is 16.3. The number of nitrogens with one attached hydrogen (secondary N) is 1. The van der Waals surface area contributed by atoms with Crippen molar-refractivity contribution in [3.05, 3.63) is 18.0 Å². The molecule has 18 heavy (non-hydrogen) atoms. The Kier molecular flexibility index (Phi) is 5.31. The molecule has 0 bridgehead atoms. The van der Waals surface area contributed by atoms with Crippen LogP contribution in [0.1, 0.15) is 32.9 Å². The van der Waals surface area contributed by atoms with Gasteiger partial charge in [-0.3, -0.25) is 4.68 Å². The minimum atomic E-state index is -0.436.